The van der Waals surface area contributed by atoms with E-state index >= 15 is 0 Å². The summed E-state index contributed by atoms with van der Waals surface area (Å²) in [5, 5.41) is 0.615. The van der Waals surface area contributed by atoms with Gasteiger partial charge in [-0.15, -0.1) is 11.3 Å². The Morgan fingerprint density at radius 2 is 2.23 bits per heavy atom. The molecule has 2 aromatic rings. The average Bonchev–Trinajstić information content (AvgIpc) is 2.47. The van der Waals surface area contributed by atoms with E-state index in [-0.39, 0.29) is 5.13 Å². The lowest BCUT2D eigenvalue weighted by Crippen LogP contribution is -1.84. The first kappa shape index (κ1) is 9.08. The molecule has 2 rings (SSSR count). The molecule has 0 atom stereocenters. The van der Waals surface area contributed by atoms with E-state index in [0.717, 1.165) is 31.3 Å². The molecule has 0 saturated heterocycles. The SMILES string of the molecule is O=Cc1ccc2sc(F)cc2c1I. The molecule has 13 heavy (non-hydrogen) atoms. The van der Waals surface area contributed by atoms with Gasteiger partial charge >= 0.3 is 0 Å². The Labute approximate surface area is 91.7 Å². The molecule has 0 N–H and O–H groups in total. The highest BCUT2D eigenvalue weighted by atomic mass is 127. The second-order valence-corrected chi connectivity index (χ2v) is 4.66. The van der Waals surface area contributed by atoms with E-state index in [4.69, 9.17) is 0 Å². The monoisotopic (exact) mass is 306 g/mol. The van der Waals surface area contributed by atoms with E-state index in [2.05, 4.69) is 22.6 Å². The normalized spacial score (nSPS) is 10.6. The number of carbonyl (C=O) groups is 1. The molecule has 0 aliphatic heterocycles. The molecule has 1 heterocycles. The van der Waals surface area contributed by atoms with Crippen LogP contribution in [0.4, 0.5) is 4.39 Å². The number of hydrogen-bond donors (Lipinski definition) is 0. The minimum atomic E-state index is -0.212. The summed E-state index contributed by atoms with van der Waals surface area (Å²) in [6, 6.07) is 4.96. The van der Waals surface area contributed by atoms with Crippen LogP contribution < -0.4 is 0 Å². The lowest BCUT2D eigenvalue weighted by Gasteiger charge is -1.96. The van der Waals surface area contributed by atoms with Gasteiger partial charge in [0.05, 0.1) is 0 Å². The van der Waals surface area contributed by atoms with Crippen LogP contribution in [0.1, 0.15) is 10.4 Å². The third-order valence-electron chi connectivity index (χ3n) is 1.76. The maximum atomic E-state index is 12.9. The Balaban J connectivity index is 2.85. The molecule has 1 aromatic carbocycles. The van der Waals surface area contributed by atoms with Crippen molar-refractivity contribution in [2.45, 2.75) is 0 Å². The predicted molar refractivity (Wildman–Crippen MR) is 59.9 cm³/mol. The summed E-state index contributed by atoms with van der Waals surface area (Å²) in [5.41, 5.74) is 0.617. The summed E-state index contributed by atoms with van der Waals surface area (Å²) >= 11 is 3.16. The van der Waals surface area contributed by atoms with Crippen LogP contribution in [-0.4, -0.2) is 6.29 Å². The molecular formula is C9H4FIOS. The first-order valence-corrected chi connectivity index (χ1v) is 5.44. The van der Waals surface area contributed by atoms with E-state index in [1.165, 1.54) is 6.07 Å². The maximum absolute atomic E-state index is 12.9. The largest absolute Gasteiger partial charge is 0.298 e. The number of thiophene rings is 1. The van der Waals surface area contributed by atoms with Crippen LogP contribution in [0.5, 0.6) is 0 Å². The minimum absolute atomic E-state index is 0.212. The Hall–Kier alpha value is -0.490. The number of carbonyl (C=O) groups excluding carboxylic acids is 1. The van der Waals surface area contributed by atoms with Crippen molar-refractivity contribution in [3.63, 3.8) is 0 Å². The van der Waals surface area contributed by atoms with Crippen molar-refractivity contribution < 1.29 is 9.18 Å². The molecule has 0 saturated carbocycles. The molecule has 0 unspecified atom stereocenters. The molecule has 4 heteroatoms. The van der Waals surface area contributed by atoms with Crippen molar-refractivity contribution in [1.82, 2.24) is 0 Å². The van der Waals surface area contributed by atoms with Gasteiger partial charge in [0.25, 0.3) is 0 Å². The number of fused-ring (bicyclic) bond motifs is 1. The van der Waals surface area contributed by atoms with Gasteiger partial charge in [-0.05, 0) is 40.8 Å². The first-order valence-electron chi connectivity index (χ1n) is 3.55. The number of halogens is 2. The third kappa shape index (κ3) is 1.48. The van der Waals surface area contributed by atoms with Gasteiger partial charge in [0.15, 0.2) is 11.4 Å². The molecular weight excluding hydrogens is 302 g/mol. The average molecular weight is 306 g/mol. The number of rotatable bonds is 1. The minimum Gasteiger partial charge on any atom is -0.298 e. The summed E-state index contributed by atoms with van der Waals surface area (Å²) in [6.45, 7) is 0. The fraction of sp³-hybridized carbons (Fsp3) is 0. The van der Waals surface area contributed by atoms with Crippen LogP contribution in [0.25, 0.3) is 10.1 Å². The topological polar surface area (TPSA) is 17.1 Å². The van der Waals surface area contributed by atoms with Gasteiger partial charge in [0, 0.05) is 19.2 Å². The number of aldehydes is 1. The molecule has 0 aliphatic rings. The fourth-order valence-corrected chi connectivity index (χ4v) is 2.88. The van der Waals surface area contributed by atoms with Gasteiger partial charge in [-0.3, -0.25) is 4.79 Å². The van der Waals surface area contributed by atoms with E-state index in [1.54, 1.807) is 12.1 Å². The molecule has 1 nitrogen and oxygen atoms in total. The zero-order valence-electron chi connectivity index (χ0n) is 6.38. The molecule has 0 aliphatic carbocycles. The molecule has 0 radical (unpaired) electrons. The van der Waals surface area contributed by atoms with Crippen molar-refractivity contribution in [2.75, 3.05) is 0 Å². The number of benzene rings is 1. The van der Waals surface area contributed by atoms with Gasteiger partial charge in [-0.2, -0.15) is 4.39 Å². The van der Waals surface area contributed by atoms with Crippen LogP contribution >= 0.6 is 33.9 Å². The Bertz CT molecular complexity index is 478. The van der Waals surface area contributed by atoms with Crippen LogP contribution in [0.15, 0.2) is 18.2 Å². The van der Waals surface area contributed by atoms with E-state index in [0.29, 0.717) is 5.56 Å². The third-order valence-corrected chi connectivity index (χ3v) is 3.85. The predicted octanol–water partition coefficient (Wildman–Crippen LogP) is 3.46. The van der Waals surface area contributed by atoms with Crippen molar-refractivity contribution in [3.05, 3.63) is 32.5 Å². The second kappa shape index (κ2) is 3.34. The van der Waals surface area contributed by atoms with Crippen LogP contribution in [0.2, 0.25) is 0 Å². The van der Waals surface area contributed by atoms with Gasteiger partial charge < -0.3 is 0 Å². The van der Waals surface area contributed by atoms with Gasteiger partial charge in [-0.25, -0.2) is 0 Å². The Kier molecular flexibility index (Phi) is 2.33. The van der Waals surface area contributed by atoms with Gasteiger partial charge in [-0.1, -0.05) is 0 Å². The van der Waals surface area contributed by atoms with Crippen LogP contribution in [0.3, 0.4) is 0 Å². The lowest BCUT2D eigenvalue weighted by atomic mass is 10.2. The highest BCUT2D eigenvalue weighted by Crippen LogP contribution is 2.29. The fourth-order valence-electron chi connectivity index (χ4n) is 1.15. The Morgan fingerprint density at radius 3 is 2.92 bits per heavy atom. The lowest BCUT2D eigenvalue weighted by molar-refractivity contribution is 0.112. The highest BCUT2D eigenvalue weighted by molar-refractivity contribution is 14.1. The summed E-state index contributed by atoms with van der Waals surface area (Å²) < 4.78 is 14.6. The van der Waals surface area contributed by atoms with Crippen LogP contribution in [-0.2, 0) is 0 Å². The Morgan fingerprint density at radius 1 is 1.46 bits per heavy atom. The molecule has 0 bridgehead atoms. The molecule has 0 amide bonds. The molecule has 0 spiro atoms. The molecule has 1 aromatic heterocycles. The van der Waals surface area contributed by atoms with Gasteiger partial charge in [0.1, 0.15) is 0 Å². The van der Waals surface area contributed by atoms with Gasteiger partial charge in [0.2, 0.25) is 0 Å². The first-order chi connectivity index (χ1) is 6.22. The second-order valence-electron chi connectivity index (χ2n) is 2.55. The quantitative estimate of drug-likeness (QED) is 0.582. The summed E-state index contributed by atoms with van der Waals surface area (Å²) in [5.74, 6) is 0. The van der Waals surface area contributed by atoms with Crippen molar-refractivity contribution in [2.24, 2.45) is 0 Å². The van der Waals surface area contributed by atoms with E-state index < -0.39 is 0 Å². The standard InChI is InChI=1S/C9H4FIOS/c10-8-3-6-7(13-8)2-1-5(4-12)9(6)11/h1-4H. The van der Waals surface area contributed by atoms with E-state index in [9.17, 15) is 9.18 Å². The van der Waals surface area contributed by atoms with Crippen molar-refractivity contribution >= 4 is 50.3 Å². The smallest absolute Gasteiger partial charge is 0.177 e. The summed E-state index contributed by atoms with van der Waals surface area (Å²) in [4.78, 5) is 10.6. The van der Waals surface area contributed by atoms with Crippen molar-refractivity contribution in [3.8, 4) is 0 Å². The zero-order chi connectivity index (χ0) is 9.42. The van der Waals surface area contributed by atoms with Crippen molar-refractivity contribution in [1.29, 1.82) is 0 Å². The maximum Gasteiger partial charge on any atom is 0.177 e. The molecule has 66 valence electrons. The van der Waals surface area contributed by atoms with E-state index in [1.807, 2.05) is 0 Å². The number of hydrogen-bond acceptors (Lipinski definition) is 2. The molecule has 0 fully saturated rings. The summed E-state index contributed by atoms with van der Waals surface area (Å²) in [7, 11) is 0. The zero-order valence-corrected chi connectivity index (χ0v) is 9.36. The summed E-state index contributed by atoms with van der Waals surface area (Å²) in [6.07, 6.45) is 0.788. The highest BCUT2D eigenvalue weighted by Gasteiger charge is 2.07. The van der Waals surface area contributed by atoms with Crippen LogP contribution in [0, 0.1) is 8.70 Å².